The number of carbonyl (C=O) groups is 1. The molecule has 136 valence electrons. The molecule has 0 unspecified atom stereocenters. The van der Waals surface area contributed by atoms with Crippen molar-refractivity contribution in [1.29, 1.82) is 0 Å². The molecule has 0 atom stereocenters. The molecule has 0 spiro atoms. The van der Waals surface area contributed by atoms with Crippen LogP contribution in [0.2, 0.25) is 0 Å². The van der Waals surface area contributed by atoms with Gasteiger partial charge in [-0.3, -0.25) is 0 Å². The molecule has 0 saturated heterocycles. The maximum absolute atomic E-state index is 12.6. The van der Waals surface area contributed by atoms with E-state index in [0.717, 1.165) is 12.1 Å². The van der Waals surface area contributed by atoms with Crippen LogP contribution in [0.1, 0.15) is 18.1 Å². The summed E-state index contributed by atoms with van der Waals surface area (Å²) < 4.78 is 43.3. The Morgan fingerprint density at radius 2 is 1.92 bits per heavy atom. The number of amides is 2. The van der Waals surface area contributed by atoms with Crippen LogP contribution in [0.25, 0.3) is 0 Å². The van der Waals surface area contributed by atoms with Crippen molar-refractivity contribution in [3.63, 3.8) is 0 Å². The molecule has 2 aromatic rings. The Balaban J connectivity index is 1.91. The molecule has 26 heavy (non-hydrogen) atoms. The molecule has 7 heteroatoms. The van der Waals surface area contributed by atoms with E-state index in [2.05, 4.69) is 22.5 Å². The summed E-state index contributed by atoms with van der Waals surface area (Å²) in [6.45, 7) is 2.28. The smallest absolute Gasteiger partial charge is 0.416 e. The Morgan fingerprint density at radius 1 is 1.15 bits per heavy atom. The molecule has 0 saturated carbocycles. The fourth-order valence-corrected chi connectivity index (χ4v) is 2.06. The number of para-hydroxylation sites is 2. The first-order chi connectivity index (χ1) is 12.4. The van der Waals surface area contributed by atoms with E-state index in [9.17, 15) is 18.0 Å². The molecule has 4 nitrogen and oxygen atoms in total. The van der Waals surface area contributed by atoms with Crippen LogP contribution in [-0.4, -0.2) is 19.2 Å². The summed E-state index contributed by atoms with van der Waals surface area (Å²) in [4.78, 5) is 11.9. The number of hydrogen-bond donors (Lipinski definition) is 2. The summed E-state index contributed by atoms with van der Waals surface area (Å²) in [7, 11) is 0. The summed E-state index contributed by atoms with van der Waals surface area (Å²) in [6, 6.07) is 11.2. The molecule has 0 heterocycles. The Kier molecular flexibility index (Phi) is 6.50. The van der Waals surface area contributed by atoms with Gasteiger partial charge < -0.3 is 15.4 Å². The van der Waals surface area contributed by atoms with Gasteiger partial charge in [-0.2, -0.15) is 13.2 Å². The summed E-state index contributed by atoms with van der Waals surface area (Å²) >= 11 is 0. The van der Waals surface area contributed by atoms with Crippen molar-refractivity contribution in [3.05, 3.63) is 59.7 Å². The summed E-state index contributed by atoms with van der Waals surface area (Å²) in [5.41, 5.74) is -0.0241. The predicted octanol–water partition coefficient (Wildman–Crippen LogP) is 4.28. The van der Waals surface area contributed by atoms with Gasteiger partial charge in [-0.1, -0.05) is 30.0 Å². The first-order valence-electron chi connectivity index (χ1n) is 7.83. The molecular weight excluding hydrogens is 345 g/mol. The fraction of sp³-hybridized carbons (Fsp3) is 0.211. The van der Waals surface area contributed by atoms with Crippen molar-refractivity contribution in [3.8, 4) is 17.6 Å². The van der Waals surface area contributed by atoms with Crippen LogP contribution in [0.5, 0.6) is 5.75 Å². The third-order valence-corrected chi connectivity index (χ3v) is 3.20. The lowest BCUT2D eigenvalue weighted by Gasteiger charge is -2.11. The molecule has 0 aliphatic heterocycles. The fourth-order valence-electron chi connectivity index (χ4n) is 2.06. The van der Waals surface area contributed by atoms with Crippen LogP contribution in [0.3, 0.4) is 0 Å². The molecule has 0 radical (unpaired) electrons. The van der Waals surface area contributed by atoms with Gasteiger partial charge in [0.1, 0.15) is 5.75 Å². The maximum atomic E-state index is 12.6. The zero-order valence-corrected chi connectivity index (χ0v) is 14.0. The second-order valence-corrected chi connectivity index (χ2v) is 5.12. The standard InChI is InChI=1S/C19H17F3N2O2/c1-2-26-17-11-4-3-10-16(17)24-18(25)23-12-6-8-14-7-5-9-15(13-14)19(20,21)22/h3-5,7,9-11,13H,2,12H2,1H3,(H2,23,24,25). The third-order valence-electron chi connectivity index (χ3n) is 3.20. The van der Waals surface area contributed by atoms with Crippen LogP contribution in [-0.2, 0) is 6.18 Å². The van der Waals surface area contributed by atoms with Crippen molar-refractivity contribution < 1.29 is 22.7 Å². The number of carbonyl (C=O) groups excluding carboxylic acids is 1. The average molecular weight is 362 g/mol. The summed E-state index contributed by atoms with van der Waals surface area (Å²) in [6.07, 6.45) is -4.41. The molecule has 0 aliphatic rings. The third kappa shape index (κ3) is 5.74. The number of halogens is 3. The molecular formula is C19H17F3N2O2. The first kappa shape index (κ1) is 19.2. The van der Waals surface area contributed by atoms with Gasteiger partial charge in [-0.05, 0) is 37.3 Å². The second-order valence-electron chi connectivity index (χ2n) is 5.12. The second kappa shape index (κ2) is 8.81. The lowest BCUT2D eigenvalue weighted by atomic mass is 10.1. The largest absolute Gasteiger partial charge is 0.492 e. The van der Waals surface area contributed by atoms with E-state index in [4.69, 9.17) is 4.74 Å². The number of ether oxygens (including phenoxy) is 1. The van der Waals surface area contributed by atoms with E-state index in [1.54, 1.807) is 24.3 Å². The van der Waals surface area contributed by atoms with Gasteiger partial charge in [0.05, 0.1) is 24.4 Å². The monoisotopic (exact) mass is 362 g/mol. The van der Waals surface area contributed by atoms with E-state index >= 15 is 0 Å². The topological polar surface area (TPSA) is 50.4 Å². The highest BCUT2D eigenvalue weighted by Gasteiger charge is 2.30. The molecule has 2 aromatic carbocycles. The number of rotatable bonds is 4. The SMILES string of the molecule is CCOc1ccccc1NC(=O)NCC#Cc1cccc(C(F)(F)F)c1. The van der Waals surface area contributed by atoms with Gasteiger partial charge in [0.2, 0.25) is 0 Å². The molecule has 0 aliphatic carbocycles. The molecule has 0 fully saturated rings. The van der Waals surface area contributed by atoms with Gasteiger partial charge in [0, 0.05) is 5.56 Å². The van der Waals surface area contributed by atoms with Gasteiger partial charge in [-0.15, -0.1) is 0 Å². The van der Waals surface area contributed by atoms with Crippen LogP contribution in [0, 0.1) is 11.8 Å². The highest BCUT2D eigenvalue weighted by Crippen LogP contribution is 2.29. The molecule has 2 rings (SSSR count). The highest BCUT2D eigenvalue weighted by molar-refractivity contribution is 5.91. The maximum Gasteiger partial charge on any atom is 0.416 e. The lowest BCUT2D eigenvalue weighted by Crippen LogP contribution is -2.29. The van der Waals surface area contributed by atoms with Gasteiger partial charge >= 0.3 is 12.2 Å². The van der Waals surface area contributed by atoms with E-state index in [0.29, 0.717) is 18.0 Å². The van der Waals surface area contributed by atoms with E-state index in [1.807, 2.05) is 6.92 Å². The Bertz CT molecular complexity index is 823. The minimum Gasteiger partial charge on any atom is -0.492 e. The molecule has 0 bridgehead atoms. The number of alkyl halides is 3. The predicted molar refractivity (Wildman–Crippen MR) is 93.0 cm³/mol. The van der Waals surface area contributed by atoms with Crippen LogP contribution in [0.15, 0.2) is 48.5 Å². The zero-order chi connectivity index (χ0) is 19.0. The van der Waals surface area contributed by atoms with Crippen LogP contribution >= 0.6 is 0 Å². The van der Waals surface area contributed by atoms with Crippen LogP contribution < -0.4 is 15.4 Å². The molecule has 2 N–H and O–H groups in total. The minimum atomic E-state index is -4.41. The van der Waals surface area contributed by atoms with Crippen molar-refractivity contribution >= 4 is 11.7 Å². The van der Waals surface area contributed by atoms with Crippen molar-refractivity contribution in [1.82, 2.24) is 5.32 Å². The lowest BCUT2D eigenvalue weighted by molar-refractivity contribution is -0.137. The van der Waals surface area contributed by atoms with E-state index in [-0.39, 0.29) is 12.1 Å². The Hall–Kier alpha value is -3.14. The number of benzene rings is 2. The van der Waals surface area contributed by atoms with Gasteiger partial charge in [0.25, 0.3) is 0 Å². The minimum absolute atomic E-state index is 0.0150. The van der Waals surface area contributed by atoms with E-state index < -0.39 is 17.8 Å². The highest BCUT2D eigenvalue weighted by atomic mass is 19.4. The Morgan fingerprint density at radius 3 is 2.65 bits per heavy atom. The van der Waals surface area contributed by atoms with Crippen molar-refractivity contribution in [2.45, 2.75) is 13.1 Å². The number of hydrogen-bond acceptors (Lipinski definition) is 2. The average Bonchev–Trinajstić information content (AvgIpc) is 2.60. The van der Waals surface area contributed by atoms with Crippen LogP contribution in [0.4, 0.5) is 23.7 Å². The number of anilines is 1. The van der Waals surface area contributed by atoms with Gasteiger partial charge in [0.15, 0.2) is 0 Å². The van der Waals surface area contributed by atoms with E-state index in [1.165, 1.54) is 12.1 Å². The Labute approximate surface area is 149 Å². The van der Waals surface area contributed by atoms with Crippen molar-refractivity contribution in [2.24, 2.45) is 0 Å². The number of nitrogens with one attached hydrogen (secondary N) is 2. The van der Waals surface area contributed by atoms with Gasteiger partial charge in [-0.25, -0.2) is 4.79 Å². The molecule has 2 amide bonds. The molecule has 0 aromatic heterocycles. The number of urea groups is 1. The quantitative estimate of drug-likeness (QED) is 0.798. The first-order valence-corrected chi connectivity index (χ1v) is 7.83. The summed E-state index contributed by atoms with van der Waals surface area (Å²) in [5, 5.41) is 5.15. The zero-order valence-electron chi connectivity index (χ0n) is 14.0. The van der Waals surface area contributed by atoms with Crippen molar-refractivity contribution in [2.75, 3.05) is 18.5 Å². The normalized spacial score (nSPS) is 10.5. The summed E-state index contributed by atoms with van der Waals surface area (Å²) in [5.74, 6) is 5.75.